The number of carbonyl (C=O) groups is 2. The van der Waals surface area contributed by atoms with E-state index in [1.165, 1.54) is 18.3 Å². The average molecular weight is 480 g/mol. The normalized spacial score (nSPS) is 14.0. The minimum atomic E-state index is -3.26. The van der Waals surface area contributed by atoms with Gasteiger partial charge in [0.2, 0.25) is 0 Å². The maximum atomic E-state index is 12.9. The van der Waals surface area contributed by atoms with E-state index in [2.05, 4.69) is 4.98 Å². The van der Waals surface area contributed by atoms with Crippen molar-refractivity contribution < 1.29 is 22.7 Å². The third kappa shape index (κ3) is 5.60. The Balaban J connectivity index is 1.31. The lowest BCUT2D eigenvalue weighted by Gasteiger charge is -2.34. The predicted molar refractivity (Wildman–Crippen MR) is 127 cm³/mol. The number of nitrogens with zero attached hydrogens (tertiary/aromatic N) is 3. The highest BCUT2D eigenvalue weighted by molar-refractivity contribution is 7.90. The van der Waals surface area contributed by atoms with Gasteiger partial charge in [-0.2, -0.15) is 0 Å². The van der Waals surface area contributed by atoms with Gasteiger partial charge in [0.05, 0.1) is 16.2 Å². The number of hydrogen-bond acceptors (Lipinski definition) is 6. The Morgan fingerprint density at radius 2 is 1.53 bits per heavy atom. The molecule has 2 heterocycles. The van der Waals surface area contributed by atoms with Crippen LogP contribution >= 0.6 is 0 Å². The Morgan fingerprint density at radius 3 is 2.12 bits per heavy atom. The first kappa shape index (κ1) is 23.4. The summed E-state index contributed by atoms with van der Waals surface area (Å²) in [5.41, 5.74) is 2.78. The van der Waals surface area contributed by atoms with Crippen LogP contribution in [-0.2, 0) is 21.2 Å². The molecule has 34 heavy (non-hydrogen) atoms. The van der Waals surface area contributed by atoms with Crippen molar-refractivity contribution in [2.45, 2.75) is 11.5 Å². The van der Waals surface area contributed by atoms with E-state index < -0.39 is 9.84 Å². The Labute approximate surface area is 198 Å². The van der Waals surface area contributed by atoms with Gasteiger partial charge in [-0.15, -0.1) is 0 Å². The van der Waals surface area contributed by atoms with Crippen LogP contribution in [0.15, 0.2) is 77.8 Å². The van der Waals surface area contributed by atoms with Crippen molar-refractivity contribution in [3.05, 3.63) is 84.1 Å². The second-order valence-electron chi connectivity index (χ2n) is 8.05. The van der Waals surface area contributed by atoms with E-state index in [9.17, 15) is 18.0 Å². The highest BCUT2D eigenvalue weighted by Gasteiger charge is 2.26. The van der Waals surface area contributed by atoms with Crippen molar-refractivity contribution >= 4 is 21.8 Å². The van der Waals surface area contributed by atoms with Crippen LogP contribution < -0.4 is 0 Å². The van der Waals surface area contributed by atoms with Gasteiger partial charge in [-0.05, 0) is 29.8 Å². The van der Waals surface area contributed by atoms with Gasteiger partial charge in [0.1, 0.15) is 6.61 Å². The maximum absolute atomic E-state index is 12.9. The van der Waals surface area contributed by atoms with E-state index in [1.54, 1.807) is 34.1 Å². The zero-order valence-corrected chi connectivity index (χ0v) is 19.6. The number of aromatic nitrogens is 1. The Kier molecular flexibility index (Phi) is 6.93. The summed E-state index contributed by atoms with van der Waals surface area (Å²) in [6.45, 7) is 1.84. The summed E-state index contributed by atoms with van der Waals surface area (Å²) in [4.78, 5) is 33.1. The second-order valence-corrected chi connectivity index (χ2v) is 10.1. The van der Waals surface area contributed by atoms with E-state index in [0.717, 1.165) is 17.4 Å². The maximum Gasteiger partial charge on any atom is 0.410 e. The van der Waals surface area contributed by atoms with E-state index in [1.807, 2.05) is 30.3 Å². The molecule has 0 spiro atoms. The summed E-state index contributed by atoms with van der Waals surface area (Å²) in [7, 11) is -3.26. The van der Waals surface area contributed by atoms with Crippen molar-refractivity contribution in [3.63, 3.8) is 0 Å². The van der Waals surface area contributed by atoms with Gasteiger partial charge in [-0.1, -0.05) is 42.5 Å². The molecule has 1 aliphatic heterocycles. The molecule has 0 radical (unpaired) electrons. The molecule has 0 N–H and O–H groups in total. The highest BCUT2D eigenvalue weighted by Crippen LogP contribution is 2.20. The topological polar surface area (TPSA) is 96.9 Å². The smallest absolute Gasteiger partial charge is 0.410 e. The van der Waals surface area contributed by atoms with Crippen LogP contribution in [0, 0.1) is 0 Å². The molecular weight excluding hydrogens is 454 g/mol. The monoisotopic (exact) mass is 479 g/mol. The van der Waals surface area contributed by atoms with Gasteiger partial charge in [0, 0.05) is 44.2 Å². The van der Waals surface area contributed by atoms with Crippen LogP contribution in [0.2, 0.25) is 0 Å². The van der Waals surface area contributed by atoms with Gasteiger partial charge in [0.15, 0.2) is 9.84 Å². The van der Waals surface area contributed by atoms with Crippen LogP contribution in [0.5, 0.6) is 0 Å². The first-order valence-electron chi connectivity index (χ1n) is 10.8. The molecule has 1 aromatic heterocycles. The molecule has 0 aliphatic carbocycles. The number of rotatable bonds is 5. The molecule has 1 aliphatic rings. The van der Waals surface area contributed by atoms with Gasteiger partial charge < -0.3 is 14.5 Å². The lowest BCUT2D eigenvalue weighted by Crippen LogP contribution is -2.50. The molecule has 2 amide bonds. The SMILES string of the molecule is CS(=O)(=O)c1ccc(-c2ccc(C(=O)N3CCN(C(=O)OCc4ccccc4)CC3)cn2)cc1. The van der Waals surface area contributed by atoms with Gasteiger partial charge >= 0.3 is 6.09 Å². The molecule has 176 valence electrons. The molecule has 0 atom stereocenters. The van der Waals surface area contributed by atoms with Crippen LogP contribution in [0.1, 0.15) is 15.9 Å². The summed E-state index contributed by atoms with van der Waals surface area (Å²) >= 11 is 0. The van der Waals surface area contributed by atoms with Gasteiger partial charge in [-0.3, -0.25) is 9.78 Å². The Hall–Kier alpha value is -3.72. The van der Waals surface area contributed by atoms with Crippen molar-refractivity contribution in [1.82, 2.24) is 14.8 Å². The minimum absolute atomic E-state index is 0.149. The molecule has 4 rings (SSSR count). The van der Waals surface area contributed by atoms with E-state index in [0.29, 0.717) is 37.4 Å². The summed E-state index contributed by atoms with van der Waals surface area (Å²) in [5, 5.41) is 0. The quantitative estimate of drug-likeness (QED) is 0.557. The number of carbonyl (C=O) groups excluding carboxylic acids is 2. The Morgan fingerprint density at radius 1 is 0.882 bits per heavy atom. The summed E-state index contributed by atoms with van der Waals surface area (Å²) in [6, 6.07) is 19.4. The lowest BCUT2D eigenvalue weighted by atomic mass is 10.1. The van der Waals surface area contributed by atoms with E-state index in [-0.39, 0.29) is 23.5 Å². The molecular formula is C25H25N3O5S. The summed E-state index contributed by atoms with van der Waals surface area (Å²) < 4.78 is 28.6. The van der Waals surface area contributed by atoms with Crippen molar-refractivity contribution in [2.24, 2.45) is 0 Å². The summed E-state index contributed by atoms with van der Waals surface area (Å²) in [5.74, 6) is -0.149. The van der Waals surface area contributed by atoms with Crippen molar-refractivity contribution in [3.8, 4) is 11.3 Å². The molecule has 0 saturated carbocycles. The number of hydrogen-bond donors (Lipinski definition) is 0. The number of amides is 2. The van der Waals surface area contributed by atoms with Crippen LogP contribution in [0.4, 0.5) is 4.79 Å². The standard InChI is InChI=1S/C25H25N3O5S/c1-34(31,32)22-10-7-20(8-11-22)23-12-9-21(17-26-23)24(29)27-13-15-28(16-14-27)25(30)33-18-19-5-3-2-4-6-19/h2-12,17H,13-16,18H2,1H3. The molecule has 0 unspecified atom stereocenters. The first-order chi connectivity index (χ1) is 16.3. The molecule has 0 bridgehead atoms. The molecule has 8 nitrogen and oxygen atoms in total. The summed E-state index contributed by atoms with van der Waals surface area (Å²) in [6.07, 6.45) is 2.29. The lowest BCUT2D eigenvalue weighted by molar-refractivity contribution is 0.0543. The largest absolute Gasteiger partial charge is 0.445 e. The number of sulfone groups is 1. The fraction of sp³-hybridized carbons (Fsp3) is 0.240. The van der Waals surface area contributed by atoms with Gasteiger partial charge in [0.25, 0.3) is 5.91 Å². The van der Waals surface area contributed by atoms with Crippen LogP contribution in [0.25, 0.3) is 11.3 Å². The Bertz CT molecular complexity index is 1250. The minimum Gasteiger partial charge on any atom is -0.445 e. The fourth-order valence-corrected chi connectivity index (χ4v) is 4.28. The van der Waals surface area contributed by atoms with E-state index in [4.69, 9.17) is 4.74 Å². The number of piperazine rings is 1. The molecule has 1 saturated heterocycles. The second kappa shape index (κ2) is 10.0. The zero-order chi connectivity index (χ0) is 24.1. The third-order valence-electron chi connectivity index (χ3n) is 5.62. The molecule has 3 aromatic rings. The first-order valence-corrected chi connectivity index (χ1v) is 12.7. The zero-order valence-electron chi connectivity index (χ0n) is 18.8. The number of pyridine rings is 1. The van der Waals surface area contributed by atoms with Crippen LogP contribution in [0.3, 0.4) is 0 Å². The van der Waals surface area contributed by atoms with Gasteiger partial charge in [-0.25, -0.2) is 13.2 Å². The fourth-order valence-electron chi connectivity index (χ4n) is 3.65. The number of benzene rings is 2. The molecule has 2 aromatic carbocycles. The highest BCUT2D eigenvalue weighted by atomic mass is 32.2. The van der Waals surface area contributed by atoms with Crippen molar-refractivity contribution in [2.75, 3.05) is 32.4 Å². The van der Waals surface area contributed by atoms with Crippen molar-refractivity contribution in [1.29, 1.82) is 0 Å². The predicted octanol–water partition coefficient (Wildman–Crippen LogP) is 3.25. The van der Waals surface area contributed by atoms with Crippen LogP contribution in [-0.4, -0.2) is 67.6 Å². The third-order valence-corrected chi connectivity index (χ3v) is 6.75. The van der Waals surface area contributed by atoms with E-state index >= 15 is 0 Å². The molecule has 1 fully saturated rings. The average Bonchev–Trinajstić information content (AvgIpc) is 2.87. The number of ether oxygens (including phenoxy) is 1. The molecule has 9 heteroatoms.